The topological polar surface area (TPSA) is 38.3 Å². The predicted molar refractivity (Wildman–Crippen MR) is 114 cm³/mol. The summed E-state index contributed by atoms with van der Waals surface area (Å²) in [7, 11) is 0. The van der Waals surface area contributed by atoms with Crippen molar-refractivity contribution in [2.24, 2.45) is 0 Å². The molecule has 0 fully saturated rings. The highest BCUT2D eigenvalue weighted by molar-refractivity contribution is 6.06. The van der Waals surface area contributed by atoms with Crippen LogP contribution in [0.3, 0.4) is 0 Å². The van der Waals surface area contributed by atoms with E-state index in [-0.39, 0.29) is 5.91 Å². The van der Waals surface area contributed by atoms with Gasteiger partial charge in [-0.25, -0.2) is 0 Å². The first-order valence-corrected chi connectivity index (χ1v) is 9.69. The maximum atomic E-state index is 12.8. The third kappa shape index (κ3) is 2.80. The first-order valence-electron chi connectivity index (χ1n) is 9.69. The number of anilines is 1. The number of amides is 1. The third-order valence-electron chi connectivity index (χ3n) is 5.56. The molecule has 3 heteroatoms. The van der Waals surface area contributed by atoms with Crippen LogP contribution in [0.5, 0.6) is 5.75 Å². The zero-order chi connectivity index (χ0) is 19.1. The highest BCUT2D eigenvalue weighted by atomic mass is 16.5. The maximum Gasteiger partial charge on any atom is 0.265 e. The molecule has 3 nitrogen and oxygen atoms in total. The van der Waals surface area contributed by atoms with Gasteiger partial charge in [-0.05, 0) is 53.8 Å². The second kappa shape index (κ2) is 6.68. The molecule has 0 saturated heterocycles. The molecule has 1 atom stereocenters. The highest BCUT2D eigenvalue weighted by Gasteiger charge is 2.20. The van der Waals surface area contributed by atoms with Crippen LogP contribution in [0.15, 0.2) is 72.8 Å². The fourth-order valence-corrected chi connectivity index (χ4v) is 4.13. The van der Waals surface area contributed by atoms with E-state index in [4.69, 9.17) is 4.74 Å². The number of carbonyl (C=O) groups excluding carboxylic acids is 1. The summed E-state index contributed by atoms with van der Waals surface area (Å²) in [6.45, 7) is 1.79. The molecule has 1 amide bonds. The Kier molecular flexibility index (Phi) is 4.01. The Hall–Kier alpha value is -3.33. The quantitative estimate of drug-likeness (QED) is 0.517. The molecule has 4 aromatic carbocycles. The molecule has 28 heavy (non-hydrogen) atoms. The lowest BCUT2D eigenvalue weighted by Crippen LogP contribution is -2.30. The smallest absolute Gasteiger partial charge is 0.265 e. The number of ether oxygens (including phenoxy) is 1. The Balaban J connectivity index is 1.41. The number of hydrogen-bond acceptors (Lipinski definition) is 2. The van der Waals surface area contributed by atoms with Crippen LogP contribution < -0.4 is 10.1 Å². The summed E-state index contributed by atoms with van der Waals surface area (Å²) in [6, 6.07) is 24.4. The van der Waals surface area contributed by atoms with Crippen molar-refractivity contribution < 1.29 is 9.53 Å². The summed E-state index contributed by atoms with van der Waals surface area (Å²) < 4.78 is 6.02. The molecule has 0 aromatic heterocycles. The Morgan fingerprint density at radius 3 is 2.46 bits per heavy atom. The SMILES string of the molecule is C[C@H](Oc1cccc2ccccc12)C(=O)Nc1ccc2c3c(cccc13)CC2. The average molecular weight is 367 g/mol. The van der Waals surface area contributed by atoms with E-state index in [2.05, 4.69) is 29.6 Å². The second-order valence-corrected chi connectivity index (χ2v) is 7.34. The molecule has 5 rings (SSSR count). The minimum atomic E-state index is -0.603. The highest BCUT2D eigenvalue weighted by Crippen LogP contribution is 2.35. The van der Waals surface area contributed by atoms with E-state index in [9.17, 15) is 4.79 Å². The van der Waals surface area contributed by atoms with Gasteiger partial charge in [0, 0.05) is 16.5 Å². The molecular weight excluding hydrogens is 346 g/mol. The summed E-state index contributed by atoms with van der Waals surface area (Å²) in [5, 5.41) is 7.58. The zero-order valence-electron chi connectivity index (χ0n) is 15.7. The lowest BCUT2D eigenvalue weighted by molar-refractivity contribution is -0.122. The largest absolute Gasteiger partial charge is 0.480 e. The molecule has 1 N–H and O–H groups in total. The molecule has 0 saturated carbocycles. The van der Waals surface area contributed by atoms with Gasteiger partial charge in [-0.15, -0.1) is 0 Å². The van der Waals surface area contributed by atoms with E-state index < -0.39 is 6.10 Å². The fourth-order valence-electron chi connectivity index (χ4n) is 4.13. The van der Waals surface area contributed by atoms with E-state index in [0.717, 1.165) is 40.4 Å². The van der Waals surface area contributed by atoms with Crippen LogP contribution in [-0.2, 0) is 17.6 Å². The number of benzene rings is 4. The minimum Gasteiger partial charge on any atom is -0.480 e. The average Bonchev–Trinajstić information content (AvgIpc) is 3.15. The van der Waals surface area contributed by atoms with Gasteiger partial charge in [0.25, 0.3) is 5.91 Å². The number of nitrogens with one attached hydrogen (secondary N) is 1. The van der Waals surface area contributed by atoms with Gasteiger partial charge in [0.05, 0.1) is 0 Å². The van der Waals surface area contributed by atoms with Crippen molar-refractivity contribution in [2.75, 3.05) is 5.32 Å². The number of carbonyl (C=O) groups is 1. The summed E-state index contributed by atoms with van der Waals surface area (Å²) in [5.41, 5.74) is 3.58. The predicted octanol–water partition coefficient (Wildman–Crippen LogP) is 5.50. The van der Waals surface area contributed by atoms with Crippen molar-refractivity contribution >= 4 is 33.1 Å². The lowest BCUT2D eigenvalue weighted by Gasteiger charge is -2.17. The van der Waals surface area contributed by atoms with E-state index in [1.165, 1.54) is 16.5 Å². The Labute approximate surface area is 163 Å². The molecular formula is C25H21NO2. The summed E-state index contributed by atoms with van der Waals surface area (Å²) in [5.74, 6) is 0.577. The first-order chi connectivity index (χ1) is 13.7. The van der Waals surface area contributed by atoms with Gasteiger partial charge in [-0.3, -0.25) is 4.79 Å². The molecule has 0 bridgehead atoms. The van der Waals surface area contributed by atoms with Gasteiger partial charge in [-0.2, -0.15) is 0 Å². The van der Waals surface area contributed by atoms with Crippen LogP contribution >= 0.6 is 0 Å². The molecule has 0 spiro atoms. The van der Waals surface area contributed by atoms with Crippen LogP contribution in [0.1, 0.15) is 18.1 Å². The van der Waals surface area contributed by atoms with Gasteiger partial charge >= 0.3 is 0 Å². The van der Waals surface area contributed by atoms with Crippen molar-refractivity contribution in [3.8, 4) is 5.75 Å². The number of fused-ring (bicyclic) bond motifs is 1. The van der Waals surface area contributed by atoms with Crippen molar-refractivity contribution in [2.45, 2.75) is 25.9 Å². The Morgan fingerprint density at radius 1 is 0.857 bits per heavy atom. The zero-order valence-corrected chi connectivity index (χ0v) is 15.7. The Bertz CT molecular complexity index is 1200. The molecule has 0 heterocycles. The van der Waals surface area contributed by atoms with Gasteiger partial charge in [0.2, 0.25) is 0 Å². The normalized spacial score (nSPS) is 13.6. The van der Waals surface area contributed by atoms with Crippen LogP contribution in [0.4, 0.5) is 5.69 Å². The molecule has 4 aromatic rings. The van der Waals surface area contributed by atoms with Crippen molar-refractivity contribution in [3.63, 3.8) is 0 Å². The molecule has 0 unspecified atom stereocenters. The van der Waals surface area contributed by atoms with Crippen LogP contribution in [-0.4, -0.2) is 12.0 Å². The van der Waals surface area contributed by atoms with Crippen LogP contribution in [0.2, 0.25) is 0 Å². The molecule has 0 radical (unpaired) electrons. The summed E-state index contributed by atoms with van der Waals surface area (Å²) in [6.07, 6.45) is 1.55. The minimum absolute atomic E-state index is 0.147. The number of rotatable bonds is 4. The lowest BCUT2D eigenvalue weighted by atomic mass is 10.0. The van der Waals surface area contributed by atoms with E-state index in [0.29, 0.717) is 0 Å². The number of hydrogen-bond donors (Lipinski definition) is 1. The maximum absolute atomic E-state index is 12.8. The monoisotopic (exact) mass is 367 g/mol. The van der Waals surface area contributed by atoms with Crippen molar-refractivity contribution in [1.82, 2.24) is 0 Å². The van der Waals surface area contributed by atoms with E-state index in [1.807, 2.05) is 48.5 Å². The second-order valence-electron chi connectivity index (χ2n) is 7.34. The van der Waals surface area contributed by atoms with Crippen molar-refractivity contribution in [3.05, 3.63) is 83.9 Å². The molecule has 1 aliphatic rings. The van der Waals surface area contributed by atoms with Gasteiger partial charge in [-0.1, -0.05) is 60.7 Å². The fraction of sp³-hybridized carbons (Fsp3) is 0.160. The molecule has 0 aliphatic heterocycles. The van der Waals surface area contributed by atoms with Gasteiger partial charge < -0.3 is 10.1 Å². The van der Waals surface area contributed by atoms with Crippen LogP contribution in [0, 0.1) is 0 Å². The molecule has 138 valence electrons. The number of aryl methyl sites for hydroxylation is 2. The Morgan fingerprint density at radius 2 is 1.57 bits per heavy atom. The van der Waals surface area contributed by atoms with Gasteiger partial charge in [0.1, 0.15) is 5.75 Å². The standard InChI is InChI=1S/C25H21NO2/c1-16(28-23-11-5-7-17-6-2-3-9-20(17)23)25(27)26-22-15-14-19-13-12-18-8-4-10-21(22)24(18)19/h2-11,14-16H,12-13H2,1H3,(H,26,27)/t16-/m0/s1. The first kappa shape index (κ1) is 16.8. The van der Waals surface area contributed by atoms with Gasteiger partial charge in [0.15, 0.2) is 6.10 Å². The summed E-state index contributed by atoms with van der Waals surface area (Å²) >= 11 is 0. The molecule has 1 aliphatic carbocycles. The summed E-state index contributed by atoms with van der Waals surface area (Å²) in [4.78, 5) is 12.8. The van der Waals surface area contributed by atoms with Crippen molar-refractivity contribution in [1.29, 1.82) is 0 Å². The van der Waals surface area contributed by atoms with Crippen LogP contribution in [0.25, 0.3) is 21.5 Å². The van der Waals surface area contributed by atoms with E-state index >= 15 is 0 Å². The van der Waals surface area contributed by atoms with E-state index in [1.54, 1.807) is 6.92 Å². The third-order valence-corrected chi connectivity index (χ3v) is 5.56.